The number of carbonyl (C=O) groups excluding carboxylic acids is 2. The monoisotopic (exact) mass is 605 g/mol. The first-order valence-corrected chi connectivity index (χ1v) is 13.0. The van der Waals surface area contributed by atoms with E-state index in [2.05, 4.69) is 16.0 Å². The summed E-state index contributed by atoms with van der Waals surface area (Å²) in [6.45, 7) is -0.0999. The Bertz CT molecular complexity index is 1330. The number of anilines is 1. The van der Waals surface area contributed by atoms with Crippen molar-refractivity contribution in [2.24, 2.45) is 0 Å². The summed E-state index contributed by atoms with van der Waals surface area (Å²) in [7, 11) is 0. The fraction of sp³-hybridized carbons (Fsp3) is 0.240. The van der Waals surface area contributed by atoms with Gasteiger partial charge in [-0.05, 0) is 72.3 Å². The molecular formula is C25H21F6N3O4S2. The maximum Gasteiger partial charge on any atom is 0.446 e. The van der Waals surface area contributed by atoms with E-state index >= 15 is 0 Å². The Morgan fingerprint density at radius 2 is 1.55 bits per heavy atom. The molecule has 15 heteroatoms. The topological polar surface area (TPSA) is 108 Å². The van der Waals surface area contributed by atoms with Crippen LogP contribution in [0.15, 0.2) is 65.6 Å². The molecular weight excluding hydrogens is 584 g/mol. The molecule has 3 rings (SSSR count). The van der Waals surface area contributed by atoms with E-state index in [-0.39, 0.29) is 46.6 Å². The van der Waals surface area contributed by atoms with Crippen molar-refractivity contribution in [2.45, 2.75) is 35.5 Å². The predicted octanol–water partition coefficient (Wildman–Crippen LogP) is 6.69. The van der Waals surface area contributed by atoms with E-state index in [4.69, 9.17) is 5.11 Å². The number of halogens is 6. The summed E-state index contributed by atoms with van der Waals surface area (Å²) >= 11 is 0.690. The number of alkyl halides is 6. The van der Waals surface area contributed by atoms with Crippen LogP contribution >= 0.6 is 23.1 Å². The van der Waals surface area contributed by atoms with Gasteiger partial charge in [0.2, 0.25) is 0 Å². The number of nitrogens with one attached hydrogen (secondary N) is 3. The van der Waals surface area contributed by atoms with E-state index in [1.165, 1.54) is 42.5 Å². The smallest absolute Gasteiger partial charge is 0.446 e. The Labute approximate surface area is 232 Å². The largest absolute Gasteiger partial charge is 0.481 e. The van der Waals surface area contributed by atoms with E-state index in [0.29, 0.717) is 10.4 Å². The van der Waals surface area contributed by atoms with Crippen molar-refractivity contribution in [3.8, 4) is 0 Å². The predicted molar refractivity (Wildman–Crippen MR) is 137 cm³/mol. The Morgan fingerprint density at radius 3 is 2.12 bits per heavy atom. The molecule has 0 fully saturated rings. The molecule has 0 radical (unpaired) electrons. The van der Waals surface area contributed by atoms with Gasteiger partial charge in [-0.3, -0.25) is 9.59 Å². The third-order valence-electron chi connectivity index (χ3n) is 5.19. The van der Waals surface area contributed by atoms with Crippen LogP contribution in [0.3, 0.4) is 0 Å². The van der Waals surface area contributed by atoms with Gasteiger partial charge in [0.05, 0.1) is 22.9 Å². The fourth-order valence-electron chi connectivity index (χ4n) is 3.39. The van der Waals surface area contributed by atoms with Crippen molar-refractivity contribution in [3.63, 3.8) is 0 Å². The average molecular weight is 606 g/mol. The van der Waals surface area contributed by atoms with E-state index in [1.54, 1.807) is 6.07 Å². The molecule has 2 aromatic carbocycles. The van der Waals surface area contributed by atoms with Crippen LogP contribution in [0.4, 0.5) is 36.8 Å². The number of urea groups is 1. The van der Waals surface area contributed by atoms with Gasteiger partial charge < -0.3 is 21.1 Å². The van der Waals surface area contributed by atoms with Gasteiger partial charge in [-0.2, -0.15) is 26.3 Å². The zero-order chi connectivity index (χ0) is 29.5. The number of carboxylic acid groups (broad SMARTS) is 1. The summed E-state index contributed by atoms with van der Waals surface area (Å²) in [6, 6.07) is 10.7. The second-order valence-electron chi connectivity index (χ2n) is 8.22. The fourth-order valence-corrected chi connectivity index (χ4v) is 4.90. The molecule has 0 aliphatic heterocycles. The van der Waals surface area contributed by atoms with Gasteiger partial charge in [-0.25, -0.2) is 4.79 Å². The van der Waals surface area contributed by atoms with Gasteiger partial charge >= 0.3 is 23.7 Å². The van der Waals surface area contributed by atoms with Crippen molar-refractivity contribution in [3.05, 3.63) is 81.5 Å². The van der Waals surface area contributed by atoms with Crippen LogP contribution in [0.25, 0.3) is 0 Å². The van der Waals surface area contributed by atoms with E-state index < -0.39 is 41.2 Å². The molecule has 0 saturated heterocycles. The zero-order valence-corrected chi connectivity index (χ0v) is 21.9. The van der Waals surface area contributed by atoms with Crippen LogP contribution in [0.1, 0.15) is 38.1 Å². The van der Waals surface area contributed by atoms with Crippen LogP contribution in [0.5, 0.6) is 0 Å². The minimum atomic E-state index is -4.53. The molecule has 0 aliphatic rings. The molecule has 7 nitrogen and oxygen atoms in total. The van der Waals surface area contributed by atoms with Crippen molar-refractivity contribution >= 4 is 46.7 Å². The first-order chi connectivity index (χ1) is 18.7. The van der Waals surface area contributed by atoms with Crippen molar-refractivity contribution in [1.82, 2.24) is 10.6 Å². The highest BCUT2D eigenvalue weighted by molar-refractivity contribution is 8.00. The van der Waals surface area contributed by atoms with Gasteiger partial charge in [0.15, 0.2) is 0 Å². The highest BCUT2D eigenvalue weighted by Gasteiger charge is 2.30. The standard InChI is InChI=1S/C25H21F6N3O4S2/c26-24(27,28)15-3-1-14(2-4-15)13-18(19-9-10-20(39-19)22(37)32-12-11-21(35)36)34-23(38)33-16-5-7-17(8-6-16)40-25(29,30)31/h1-10,18H,11-13H2,(H,32,37)(H,35,36)(H2,33,34,38). The van der Waals surface area contributed by atoms with E-state index in [1.807, 2.05) is 0 Å². The maximum atomic E-state index is 13.0. The summed E-state index contributed by atoms with van der Waals surface area (Å²) in [5.41, 5.74) is -4.67. The third kappa shape index (κ3) is 9.79. The molecule has 40 heavy (non-hydrogen) atoms. The molecule has 4 N–H and O–H groups in total. The molecule has 0 saturated carbocycles. The number of benzene rings is 2. The first kappa shape index (κ1) is 30.8. The zero-order valence-electron chi connectivity index (χ0n) is 20.2. The maximum absolute atomic E-state index is 13.0. The molecule has 0 spiro atoms. The molecule has 0 aliphatic carbocycles. The average Bonchev–Trinajstić information content (AvgIpc) is 3.34. The van der Waals surface area contributed by atoms with Gasteiger partial charge in [0, 0.05) is 22.0 Å². The lowest BCUT2D eigenvalue weighted by atomic mass is 10.0. The van der Waals surface area contributed by atoms with Gasteiger partial charge in [0.25, 0.3) is 5.91 Å². The van der Waals surface area contributed by atoms with E-state index in [9.17, 15) is 40.7 Å². The lowest BCUT2D eigenvalue weighted by molar-refractivity contribution is -0.138. The lowest BCUT2D eigenvalue weighted by Gasteiger charge is -2.19. The highest BCUT2D eigenvalue weighted by atomic mass is 32.2. The molecule has 1 aromatic heterocycles. The number of thiophene rings is 1. The Hall–Kier alpha value is -3.72. The van der Waals surface area contributed by atoms with Gasteiger partial charge in [-0.15, -0.1) is 11.3 Å². The molecule has 3 aromatic rings. The Kier molecular flexibility index (Phi) is 10.1. The van der Waals surface area contributed by atoms with Crippen LogP contribution in [-0.4, -0.2) is 35.1 Å². The number of rotatable bonds is 10. The lowest BCUT2D eigenvalue weighted by Crippen LogP contribution is -2.33. The Balaban J connectivity index is 1.75. The minimum Gasteiger partial charge on any atom is -0.481 e. The summed E-state index contributed by atoms with van der Waals surface area (Å²) in [5, 5.41) is 16.4. The number of thioether (sulfide) groups is 1. The second-order valence-corrected chi connectivity index (χ2v) is 10.5. The molecule has 1 atom stereocenters. The summed E-state index contributed by atoms with van der Waals surface area (Å²) in [4.78, 5) is 36.4. The number of carboxylic acids is 1. The molecule has 1 unspecified atom stereocenters. The van der Waals surface area contributed by atoms with Gasteiger partial charge in [-0.1, -0.05) is 12.1 Å². The summed E-state index contributed by atoms with van der Waals surface area (Å²) in [5.74, 6) is -1.63. The van der Waals surface area contributed by atoms with Crippen molar-refractivity contribution in [1.29, 1.82) is 0 Å². The number of amides is 3. The number of hydrogen-bond acceptors (Lipinski definition) is 5. The third-order valence-corrected chi connectivity index (χ3v) is 7.13. The molecule has 1 heterocycles. The second kappa shape index (κ2) is 13.1. The summed E-state index contributed by atoms with van der Waals surface area (Å²) in [6.07, 6.45) is -4.76. The SMILES string of the molecule is O=C(O)CCNC(=O)c1ccc(C(Cc2ccc(C(F)(F)F)cc2)NC(=O)Nc2ccc(SC(F)(F)F)cc2)s1. The van der Waals surface area contributed by atoms with E-state index in [0.717, 1.165) is 23.5 Å². The van der Waals surface area contributed by atoms with Crippen LogP contribution in [0, 0.1) is 0 Å². The van der Waals surface area contributed by atoms with Crippen molar-refractivity contribution in [2.75, 3.05) is 11.9 Å². The molecule has 0 bridgehead atoms. The number of hydrogen-bond donors (Lipinski definition) is 4. The van der Waals surface area contributed by atoms with Crippen molar-refractivity contribution < 1.29 is 45.8 Å². The Morgan fingerprint density at radius 1 is 0.900 bits per heavy atom. The minimum absolute atomic E-state index is 0.0489. The molecule has 3 amide bonds. The number of carbonyl (C=O) groups is 3. The highest BCUT2D eigenvalue weighted by Crippen LogP contribution is 2.37. The van der Waals surface area contributed by atoms with Crippen LogP contribution in [-0.2, 0) is 17.4 Å². The van der Waals surface area contributed by atoms with Crippen LogP contribution < -0.4 is 16.0 Å². The van der Waals surface area contributed by atoms with Gasteiger partial charge in [0.1, 0.15) is 0 Å². The number of aliphatic carboxylic acids is 1. The molecule has 214 valence electrons. The summed E-state index contributed by atoms with van der Waals surface area (Å²) < 4.78 is 76.5. The first-order valence-electron chi connectivity index (χ1n) is 11.4. The normalized spacial score (nSPS) is 12.4. The van der Waals surface area contributed by atoms with Crippen LogP contribution in [0.2, 0.25) is 0 Å². The quantitative estimate of drug-likeness (QED) is 0.152.